The molecule has 0 aromatic heterocycles. The summed E-state index contributed by atoms with van der Waals surface area (Å²) in [6.07, 6.45) is 1.44. The predicted molar refractivity (Wildman–Crippen MR) is 99.6 cm³/mol. The molecule has 0 spiro atoms. The Labute approximate surface area is 150 Å². The van der Waals surface area contributed by atoms with Crippen LogP contribution in [-0.2, 0) is 21.9 Å². The summed E-state index contributed by atoms with van der Waals surface area (Å²) in [5, 5.41) is 0. The van der Waals surface area contributed by atoms with E-state index in [1.165, 1.54) is 11.1 Å². The lowest BCUT2D eigenvalue weighted by molar-refractivity contribution is 0.366. The van der Waals surface area contributed by atoms with Gasteiger partial charge in [0, 0.05) is 6.04 Å². The fraction of sp³-hybridized carbons (Fsp3) is 0.400. The second-order valence-electron chi connectivity index (χ2n) is 7.45. The molecule has 134 valence electrons. The topological polar surface area (TPSA) is 55.4 Å². The molecule has 5 heteroatoms. The Morgan fingerprint density at radius 3 is 2.44 bits per heavy atom. The number of hydrogen-bond donors (Lipinski definition) is 1. The van der Waals surface area contributed by atoms with Gasteiger partial charge in [0.1, 0.15) is 5.75 Å². The number of benzene rings is 2. The van der Waals surface area contributed by atoms with E-state index in [-0.39, 0.29) is 11.5 Å². The number of hydrogen-bond acceptors (Lipinski definition) is 3. The summed E-state index contributed by atoms with van der Waals surface area (Å²) in [6.45, 7) is 6.24. The highest BCUT2D eigenvalue weighted by atomic mass is 32.2. The number of ether oxygens (including phenoxy) is 1. The maximum Gasteiger partial charge on any atom is 0.240 e. The third-order valence-electron chi connectivity index (χ3n) is 4.92. The van der Waals surface area contributed by atoms with E-state index in [9.17, 15) is 8.42 Å². The molecule has 25 heavy (non-hydrogen) atoms. The van der Waals surface area contributed by atoms with Crippen molar-refractivity contribution in [1.29, 1.82) is 0 Å². The number of sulfonamides is 1. The van der Waals surface area contributed by atoms with Gasteiger partial charge in [0.2, 0.25) is 10.0 Å². The maximum absolute atomic E-state index is 12.7. The Morgan fingerprint density at radius 2 is 1.80 bits per heavy atom. The molecular formula is C20H25NO3S. The van der Waals surface area contributed by atoms with Gasteiger partial charge in [-0.25, -0.2) is 13.1 Å². The first-order chi connectivity index (χ1) is 11.7. The summed E-state index contributed by atoms with van der Waals surface area (Å²) >= 11 is 0. The lowest BCUT2D eigenvalue weighted by Crippen LogP contribution is -2.44. The molecule has 0 saturated heterocycles. The molecule has 1 N–H and O–H groups in total. The summed E-state index contributed by atoms with van der Waals surface area (Å²) in [5.74, 6) is 0.838. The van der Waals surface area contributed by atoms with Crippen LogP contribution in [0.3, 0.4) is 0 Å². The molecule has 1 atom stereocenters. The zero-order valence-electron chi connectivity index (χ0n) is 15.2. The van der Waals surface area contributed by atoms with Crippen LogP contribution in [0.2, 0.25) is 0 Å². The van der Waals surface area contributed by atoms with Crippen LogP contribution in [0.15, 0.2) is 47.4 Å². The third-order valence-corrected chi connectivity index (χ3v) is 6.46. The van der Waals surface area contributed by atoms with Gasteiger partial charge >= 0.3 is 0 Å². The van der Waals surface area contributed by atoms with Gasteiger partial charge in [0.25, 0.3) is 0 Å². The van der Waals surface area contributed by atoms with Crippen molar-refractivity contribution in [1.82, 2.24) is 4.72 Å². The number of methoxy groups -OCH3 is 1. The molecule has 3 rings (SSSR count). The first-order valence-electron chi connectivity index (χ1n) is 8.48. The smallest absolute Gasteiger partial charge is 0.240 e. The largest absolute Gasteiger partial charge is 0.497 e. The molecule has 0 bridgehead atoms. The average molecular weight is 359 g/mol. The Bertz CT molecular complexity index is 870. The fourth-order valence-corrected chi connectivity index (χ4v) is 4.88. The number of nitrogens with one attached hydrogen (secondary N) is 1. The highest BCUT2D eigenvalue weighted by molar-refractivity contribution is 7.89. The Balaban J connectivity index is 1.86. The highest BCUT2D eigenvalue weighted by Crippen LogP contribution is 2.39. The van der Waals surface area contributed by atoms with Crippen LogP contribution in [0, 0.1) is 6.92 Å². The van der Waals surface area contributed by atoms with Gasteiger partial charge in [-0.2, -0.15) is 0 Å². The minimum atomic E-state index is -3.52. The van der Waals surface area contributed by atoms with Gasteiger partial charge in [0.05, 0.1) is 12.0 Å². The normalized spacial score (nSPS) is 19.3. The van der Waals surface area contributed by atoms with Gasteiger partial charge < -0.3 is 4.74 Å². The summed E-state index contributed by atoms with van der Waals surface area (Å²) in [4.78, 5) is 0.316. The van der Waals surface area contributed by atoms with Gasteiger partial charge in [-0.3, -0.25) is 0 Å². The van der Waals surface area contributed by atoms with Crippen LogP contribution in [0.25, 0.3) is 0 Å². The zero-order chi connectivity index (χ0) is 18.2. The number of aryl methyl sites for hydroxylation is 1. The van der Waals surface area contributed by atoms with E-state index in [2.05, 4.69) is 24.6 Å². The lowest BCUT2D eigenvalue weighted by atomic mass is 9.71. The molecule has 2 aromatic carbocycles. The van der Waals surface area contributed by atoms with Crippen molar-refractivity contribution in [3.8, 4) is 5.75 Å². The van der Waals surface area contributed by atoms with Crippen LogP contribution in [0.4, 0.5) is 0 Å². The number of rotatable bonds is 4. The summed E-state index contributed by atoms with van der Waals surface area (Å²) in [6, 6.07) is 12.9. The Hall–Kier alpha value is -1.85. The van der Waals surface area contributed by atoms with Crippen LogP contribution in [0.5, 0.6) is 5.75 Å². The molecule has 0 saturated carbocycles. The van der Waals surface area contributed by atoms with Gasteiger partial charge in [0.15, 0.2) is 0 Å². The lowest BCUT2D eigenvalue weighted by Gasteiger charge is -2.37. The molecule has 1 aliphatic carbocycles. The molecule has 1 aliphatic rings. The molecule has 0 fully saturated rings. The highest BCUT2D eigenvalue weighted by Gasteiger charge is 2.35. The number of fused-ring (bicyclic) bond motifs is 1. The van der Waals surface area contributed by atoms with Gasteiger partial charge in [-0.15, -0.1) is 0 Å². The summed E-state index contributed by atoms with van der Waals surface area (Å²) < 4.78 is 33.6. The van der Waals surface area contributed by atoms with E-state index in [0.717, 1.165) is 17.7 Å². The Kier molecular flexibility index (Phi) is 4.64. The van der Waals surface area contributed by atoms with Crippen LogP contribution >= 0.6 is 0 Å². The quantitative estimate of drug-likeness (QED) is 0.908. The molecular weight excluding hydrogens is 334 g/mol. The standard InChI is InChI=1S/C20H25NO3S/c1-14-5-9-18(10-6-14)25(22,23)21-16-11-15-7-8-17(24-4)12-19(15)20(2,3)13-16/h5-10,12,16,21H,11,13H2,1-4H3. The SMILES string of the molecule is COc1ccc2c(c1)C(C)(C)CC(NS(=O)(=O)c1ccc(C)cc1)C2. The van der Waals surface area contributed by atoms with Crippen LogP contribution < -0.4 is 9.46 Å². The summed E-state index contributed by atoms with van der Waals surface area (Å²) in [7, 11) is -1.85. The van der Waals surface area contributed by atoms with Crippen molar-refractivity contribution in [3.63, 3.8) is 0 Å². The summed E-state index contributed by atoms with van der Waals surface area (Å²) in [5.41, 5.74) is 3.33. The monoisotopic (exact) mass is 359 g/mol. The molecule has 4 nitrogen and oxygen atoms in total. The van der Waals surface area contributed by atoms with Crippen molar-refractivity contribution in [2.45, 2.75) is 50.0 Å². The average Bonchev–Trinajstić information content (AvgIpc) is 2.54. The van der Waals surface area contributed by atoms with Crippen molar-refractivity contribution < 1.29 is 13.2 Å². The van der Waals surface area contributed by atoms with E-state index >= 15 is 0 Å². The molecule has 2 aromatic rings. The van der Waals surface area contributed by atoms with E-state index < -0.39 is 10.0 Å². The minimum Gasteiger partial charge on any atom is -0.497 e. The minimum absolute atomic E-state index is 0.122. The van der Waals surface area contributed by atoms with Crippen molar-refractivity contribution >= 4 is 10.0 Å². The maximum atomic E-state index is 12.7. The second kappa shape index (κ2) is 6.46. The first kappa shape index (κ1) is 18.0. The molecule has 0 amide bonds. The molecule has 0 heterocycles. The molecule has 0 aliphatic heterocycles. The first-order valence-corrected chi connectivity index (χ1v) is 9.96. The fourth-order valence-electron chi connectivity index (χ4n) is 3.64. The van der Waals surface area contributed by atoms with Crippen LogP contribution in [0.1, 0.15) is 37.0 Å². The van der Waals surface area contributed by atoms with Crippen LogP contribution in [-0.4, -0.2) is 21.6 Å². The molecule has 0 radical (unpaired) electrons. The second-order valence-corrected chi connectivity index (χ2v) is 9.16. The Morgan fingerprint density at radius 1 is 1.12 bits per heavy atom. The van der Waals surface area contributed by atoms with Crippen molar-refractivity contribution in [2.75, 3.05) is 7.11 Å². The van der Waals surface area contributed by atoms with Gasteiger partial charge in [-0.1, -0.05) is 37.6 Å². The predicted octanol–water partition coefficient (Wildman–Crippen LogP) is 3.57. The van der Waals surface area contributed by atoms with E-state index in [0.29, 0.717) is 11.3 Å². The van der Waals surface area contributed by atoms with Crippen molar-refractivity contribution in [2.24, 2.45) is 0 Å². The van der Waals surface area contributed by atoms with E-state index in [1.54, 1.807) is 19.2 Å². The van der Waals surface area contributed by atoms with Gasteiger partial charge in [-0.05, 0) is 60.6 Å². The zero-order valence-corrected chi connectivity index (χ0v) is 16.0. The van der Waals surface area contributed by atoms with E-state index in [4.69, 9.17) is 4.74 Å². The van der Waals surface area contributed by atoms with Crippen molar-refractivity contribution in [3.05, 3.63) is 59.2 Å². The third kappa shape index (κ3) is 3.72. The van der Waals surface area contributed by atoms with E-state index in [1.807, 2.05) is 31.2 Å². The molecule has 1 unspecified atom stereocenters.